The average Bonchev–Trinajstić information content (AvgIpc) is 3.22. The molecule has 1 saturated heterocycles. The summed E-state index contributed by atoms with van der Waals surface area (Å²) in [6.45, 7) is 8.76. The first-order chi connectivity index (χ1) is 16.8. The van der Waals surface area contributed by atoms with E-state index in [-0.39, 0.29) is 17.6 Å². The molecule has 0 atom stereocenters. The molecule has 35 heavy (non-hydrogen) atoms. The van der Waals surface area contributed by atoms with E-state index in [0.717, 1.165) is 35.5 Å². The SMILES string of the molecule is CCCCOc1nc(N)c2ncc(Cc3cnc(N4CCN(S(=O)(=O)CCC)CC4)c(C)c3)n2n1. The Bertz CT molecular complexity index is 1270. The lowest BCUT2D eigenvalue weighted by molar-refractivity contribution is 0.280. The first kappa shape index (κ1) is 25.1. The van der Waals surface area contributed by atoms with Crippen LogP contribution in [0.4, 0.5) is 11.6 Å². The van der Waals surface area contributed by atoms with E-state index in [0.29, 0.717) is 51.3 Å². The number of nitrogens with zero attached hydrogens (tertiary/aromatic N) is 7. The van der Waals surface area contributed by atoms with Crippen LogP contribution in [0.3, 0.4) is 0 Å². The van der Waals surface area contributed by atoms with Gasteiger partial charge in [-0.25, -0.2) is 22.9 Å². The van der Waals surface area contributed by atoms with Crippen LogP contribution in [-0.2, 0) is 16.4 Å². The highest BCUT2D eigenvalue weighted by atomic mass is 32.2. The Hall–Kier alpha value is -2.99. The van der Waals surface area contributed by atoms with Crippen molar-refractivity contribution in [1.82, 2.24) is 28.9 Å². The van der Waals surface area contributed by atoms with Gasteiger partial charge in [0.2, 0.25) is 10.0 Å². The molecule has 1 fully saturated rings. The van der Waals surface area contributed by atoms with Gasteiger partial charge in [-0.3, -0.25) is 0 Å². The van der Waals surface area contributed by atoms with Gasteiger partial charge in [-0.15, -0.1) is 5.10 Å². The fourth-order valence-corrected chi connectivity index (χ4v) is 5.74. The Balaban J connectivity index is 1.47. The summed E-state index contributed by atoms with van der Waals surface area (Å²) in [6.07, 6.45) is 6.73. The summed E-state index contributed by atoms with van der Waals surface area (Å²) in [6, 6.07) is 2.35. The van der Waals surface area contributed by atoms with Crippen molar-refractivity contribution in [3.8, 4) is 6.01 Å². The lowest BCUT2D eigenvalue weighted by Gasteiger charge is -2.35. The van der Waals surface area contributed by atoms with Crippen LogP contribution in [0.15, 0.2) is 18.5 Å². The Morgan fingerprint density at radius 3 is 2.54 bits per heavy atom. The minimum Gasteiger partial charge on any atom is -0.462 e. The van der Waals surface area contributed by atoms with E-state index in [9.17, 15) is 8.42 Å². The third-order valence-electron chi connectivity index (χ3n) is 6.05. The predicted octanol–water partition coefficient (Wildman–Crippen LogP) is 2.04. The van der Waals surface area contributed by atoms with Crippen molar-refractivity contribution in [1.29, 1.82) is 0 Å². The zero-order chi connectivity index (χ0) is 25.0. The number of unbranched alkanes of at least 4 members (excludes halogenated alkanes) is 1. The summed E-state index contributed by atoms with van der Waals surface area (Å²) < 4.78 is 33.6. The van der Waals surface area contributed by atoms with Crippen LogP contribution >= 0.6 is 0 Å². The molecule has 0 spiro atoms. The molecule has 4 heterocycles. The monoisotopic (exact) mass is 502 g/mol. The van der Waals surface area contributed by atoms with Crippen molar-refractivity contribution < 1.29 is 13.2 Å². The van der Waals surface area contributed by atoms with Gasteiger partial charge < -0.3 is 15.4 Å². The van der Waals surface area contributed by atoms with Gasteiger partial charge >= 0.3 is 6.01 Å². The van der Waals surface area contributed by atoms with Crippen LogP contribution in [0.25, 0.3) is 5.65 Å². The van der Waals surface area contributed by atoms with Gasteiger partial charge in [0.1, 0.15) is 5.82 Å². The van der Waals surface area contributed by atoms with Gasteiger partial charge in [-0.2, -0.15) is 9.29 Å². The quantitative estimate of drug-likeness (QED) is 0.414. The molecule has 0 bridgehead atoms. The molecule has 0 radical (unpaired) electrons. The van der Waals surface area contributed by atoms with Crippen molar-refractivity contribution >= 4 is 27.3 Å². The van der Waals surface area contributed by atoms with Gasteiger partial charge in [-0.1, -0.05) is 26.3 Å². The molecule has 0 amide bonds. The molecule has 0 aliphatic carbocycles. The standard InChI is InChI=1S/C23H34N8O3S/c1-4-6-11-34-23-27-20(24)22-26-16-19(31(22)28-23)14-18-13-17(3)21(25-15-18)29-7-9-30(10-8-29)35(32,33)12-5-2/h13,15-16H,4-12,14H2,1-3H3,(H2,24,27,28). The van der Waals surface area contributed by atoms with E-state index in [1.165, 1.54) is 0 Å². The first-order valence-electron chi connectivity index (χ1n) is 12.1. The molecular formula is C23H34N8O3S. The lowest BCUT2D eigenvalue weighted by Crippen LogP contribution is -2.49. The number of anilines is 2. The summed E-state index contributed by atoms with van der Waals surface area (Å²) in [4.78, 5) is 15.5. The molecule has 2 N–H and O–H groups in total. The summed E-state index contributed by atoms with van der Waals surface area (Å²) in [5, 5.41) is 4.48. The molecule has 0 unspecified atom stereocenters. The largest absolute Gasteiger partial charge is 0.462 e. The second kappa shape index (κ2) is 10.7. The Kier molecular flexibility index (Phi) is 7.70. The number of aromatic nitrogens is 5. The van der Waals surface area contributed by atoms with E-state index in [1.807, 2.05) is 20.0 Å². The maximum absolute atomic E-state index is 12.4. The van der Waals surface area contributed by atoms with Crippen LogP contribution in [0.2, 0.25) is 0 Å². The van der Waals surface area contributed by atoms with E-state index in [4.69, 9.17) is 15.5 Å². The van der Waals surface area contributed by atoms with Crippen molar-refractivity contribution in [2.24, 2.45) is 0 Å². The second-order valence-corrected chi connectivity index (χ2v) is 10.9. The number of nitrogens with two attached hydrogens (primary N) is 1. The van der Waals surface area contributed by atoms with E-state index in [1.54, 1.807) is 15.0 Å². The number of nitrogen functional groups attached to an aromatic ring is 1. The summed E-state index contributed by atoms with van der Waals surface area (Å²) in [7, 11) is -3.17. The van der Waals surface area contributed by atoms with Crippen LogP contribution < -0.4 is 15.4 Å². The molecule has 1 aliphatic rings. The van der Waals surface area contributed by atoms with Crippen LogP contribution in [-0.4, -0.2) is 75.8 Å². The van der Waals surface area contributed by atoms with Gasteiger partial charge in [-0.05, 0) is 30.9 Å². The molecular weight excluding hydrogens is 468 g/mol. The highest BCUT2D eigenvalue weighted by Gasteiger charge is 2.27. The molecule has 190 valence electrons. The minimum atomic E-state index is -3.17. The smallest absolute Gasteiger partial charge is 0.336 e. The normalized spacial score (nSPS) is 15.1. The highest BCUT2D eigenvalue weighted by molar-refractivity contribution is 7.89. The first-order valence-corrected chi connectivity index (χ1v) is 13.7. The summed E-state index contributed by atoms with van der Waals surface area (Å²) >= 11 is 0. The zero-order valence-corrected chi connectivity index (χ0v) is 21.5. The summed E-state index contributed by atoms with van der Waals surface area (Å²) in [5.41, 5.74) is 9.49. The van der Waals surface area contributed by atoms with Gasteiger partial charge in [0.15, 0.2) is 11.5 Å². The molecule has 3 aromatic heterocycles. The molecule has 4 rings (SSSR count). The van der Waals surface area contributed by atoms with E-state index in [2.05, 4.69) is 33.0 Å². The Labute approximate surface area is 206 Å². The minimum absolute atomic E-state index is 0.200. The molecule has 11 nitrogen and oxygen atoms in total. The number of hydrogen-bond donors (Lipinski definition) is 1. The van der Waals surface area contributed by atoms with E-state index < -0.39 is 10.0 Å². The van der Waals surface area contributed by atoms with Crippen molar-refractivity contribution in [3.05, 3.63) is 35.3 Å². The maximum atomic E-state index is 12.4. The number of hydrogen-bond acceptors (Lipinski definition) is 9. The van der Waals surface area contributed by atoms with Gasteiger partial charge in [0, 0.05) is 38.8 Å². The summed E-state index contributed by atoms with van der Waals surface area (Å²) in [5.74, 6) is 1.37. The number of piperazine rings is 1. The number of aryl methyl sites for hydroxylation is 1. The Morgan fingerprint density at radius 1 is 1.09 bits per heavy atom. The number of ether oxygens (including phenoxy) is 1. The number of sulfonamides is 1. The molecule has 0 aromatic carbocycles. The third kappa shape index (κ3) is 5.64. The van der Waals surface area contributed by atoms with Crippen molar-refractivity contribution in [3.63, 3.8) is 0 Å². The highest BCUT2D eigenvalue weighted by Crippen LogP contribution is 2.23. The fourth-order valence-electron chi connectivity index (χ4n) is 4.25. The van der Waals surface area contributed by atoms with Crippen LogP contribution in [0.1, 0.15) is 49.9 Å². The lowest BCUT2D eigenvalue weighted by atomic mass is 10.1. The van der Waals surface area contributed by atoms with Crippen LogP contribution in [0, 0.1) is 6.92 Å². The van der Waals surface area contributed by atoms with Gasteiger partial charge in [0.25, 0.3) is 0 Å². The predicted molar refractivity (Wildman–Crippen MR) is 135 cm³/mol. The number of pyridine rings is 1. The number of rotatable bonds is 10. The van der Waals surface area contributed by atoms with Crippen molar-refractivity contribution in [2.45, 2.75) is 46.5 Å². The fraction of sp³-hybridized carbons (Fsp3) is 0.565. The Morgan fingerprint density at radius 2 is 1.86 bits per heavy atom. The maximum Gasteiger partial charge on any atom is 0.336 e. The van der Waals surface area contributed by atoms with Gasteiger partial charge in [0.05, 0.1) is 24.3 Å². The topological polar surface area (TPSA) is 132 Å². The molecule has 3 aromatic rings. The second-order valence-electron chi connectivity index (χ2n) is 8.83. The molecule has 12 heteroatoms. The number of imidazole rings is 1. The van der Waals surface area contributed by atoms with E-state index >= 15 is 0 Å². The molecule has 1 aliphatic heterocycles. The third-order valence-corrected chi connectivity index (χ3v) is 8.13. The zero-order valence-electron chi connectivity index (χ0n) is 20.6. The number of fused-ring (bicyclic) bond motifs is 1. The molecule has 0 saturated carbocycles. The van der Waals surface area contributed by atoms with Crippen LogP contribution in [0.5, 0.6) is 6.01 Å². The average molecular weight is 503 g/mol. The van der Waals surface area contributed by atoms with Crippen molar-refractivity contribution in [2.75, 3.05) is 49.2 Å².